The molecular weight excluding hydrogens is 499 g/mol. The molecule has 1 amide bonds. The summed E-state index contributed by atoms with van der Waals surface area (Å²) in [5.74, 6) is -2.38. The van der Waals surface area contributed by atoms with Gasteiger partial charge < -0.3 is 25.0 Å². The van der Waals surface area contributed by atoms with Crippen LogP contribution in [0.15, 0.2) is 18.3 Å². The third-order valence-corrected chi connectivity index (χ3v) is 7.27. The molecule has 1 saturated heterocycles. The highest BCUT2D eigenvalue weighted by atomic mass is 35.5. The molecule has 3 N–H and O–H groups in total. The Labute approximate surface area is 208 Å². The molecule has 1 fully saturated rings. The maximum absolute atomic E-state index is 14.3. The number of carboxylic acids is 1. The number of thiazole rings is 1. The van der Waals surface area contributed by atoms with E-state index in [1.54, 1.807) is 6.92 Å². The minimum Gasteiger partial charge on any atom is -0.477 e. The lowest BCUT2D eigenvalue weighted by Crippen LogP contribution is -2.55. The number of hydrogen-bond acceptors (Lipinski definition) is 8. The van der Waals surface area contributed by atoms with E-state index < -0.39 is 23.8 Å². The first-order valence-electron chi connectivity index (χ1n) is 10.5. The van der Waals surface area contributed by atoms with E-state index in [4.69, 9.17) is 16.3 Å². The van der Waals surface area contributed by atoms with Gasteiger partial charge in [-0.1, -0.05) is 22.9 Å². The number of nitriles is 1. The summed E-state index contributed by atoms with van der Waals surface area (Å²) in [4.78, 5) is 37.5. The van der Waals surface area contributed by atoms with Gasteiger partial charge in [-0.25, -0.2) is 14.2 Å². The number of aryl methyl sites for hydroxylation is 1. The van der Waals surface area contributed by atoms with Crippen LogP contribution < -0.4 is 10.2 Å². The lowest BCUT2D eigenvalue weighted by atomic mass is 10.0. The molecule has 4 heterocycles. The van der Waals surface area contributed by atoms with Gasteiger partial charge in [-0.2, -0.15) is 5.26 Å². The lowest BCUT2D eigenvalue weighted by molar-refractivity contribution is 0.0540. The topological polar surface area (TPSA) is 144 Å². The summed E-state index contributed by atoms with van der Waals surface area (Å²) in [7, 11) is 1.50. The molecule has 35 heavy (non-hydrogen) atoms. The molecule has 1 aliphatic heterocycles. The molecule has 2 atom stereocenters. The van der Waals surface area contributed by atoms with Crippen molar-refractivity contribution < 1.29 is 23.8 Å². The molecule has 1 aliphatic rings. The Morgan fingerprint density at radius 3 is 2.89 bits per heavy atom. The van der Waals surface area contributed by atoms with Crippen molar-refractivity contribution in [1.29, 1.82) is 5.26 Å². The summed E-state index contributed by atoms with van der Waals surface area (Å²) >= 11 is 7.02. The first-order valence-corrected chi connectivity index (χ1v) is 11.7. The molecular formula is C22H20ClFN6O4S. The van der Waals surface area contributed by atoms with E-state index >= 15 is 0 Å². The number of carbonyl (C=O) groups excluding carboxylic acids is 1. The summed E-state index contributed by atoms with van der Waals surface area (Å²) in [6.07, 6.45) is 1.36. The van der Waals surface area contributed by atoms with Gasteiger partial charge in [0.15, 0.2) is 10.9 Å². The van der Waals surface area contributed by atoms with Gasteiger partial charge in [-0.15, -0.1) is 0 Å². The van der Waals surface area contributed by atoms with Crippen LogP contribution in [0.1, 0.15) is 37.8 Å². The van der Waals surface area contributed by atoms with Crippen molar-refractivity contribution in [3.05, 3.63) is 51.0 Å². The smallest absolute Gasteiger partial charge is 0.348 e. The maximum atomic E-state index is 14.3. The van der Waals surface area contributed by atoms with E-state index in [1.807, 2.05) is 11.0 Å². The molecule has 10 nitrogen and oxygen atoms in total. The first kappa shape index (κ1) is 24.6. The van der Waals surface area contributed by atoms with Gasteiger partial charge >= 0.3 is 5.97 Å². The van der Waals surface area contributed by atoms with Gasteiger partial charge in [0.25, 0.3) is 5.91 Å². The van der Waals surface area contributed by atoms with E-state index in [0.717, 1.165) is 11.3 Å². The predicted octanol–water partition coefficient (Wildman–Crippen LogP) is 3.23. The average molecular weight is 519 g/mol. The minimum absolute atomic E-state index is 0.0389. The van der Waals surface area contributed by atoms with E-state index in [9.17, 15) is 24.3 Å². The number of methoxy groups -OCH3 is 1. The molecule has 3 aromatic heterocycles. The number of anilines is 1. The Hall–Kier alpha value is -3.53. The van der Waals surface area contributed by atoms with Crippen LogP contribution in [0.5, 0.6) is 0 Å². The number of amides is 1. The third-order valence-electron chi connectivity index (χ3n) is 5.69. The summed E-state index contributed by atoms with van der Waals surface area (Å²) in [6.45, 7) is 2.39. The van der Waals surface area contributed by atoms with Crippen molar-refractivity contribution in [2.45, 2.75) is 25.5 Å². The van der Waals surface area contributed by atoms with Gasteiger partial charge in [0.2, 0.25) is 0 Å². The zero-order valence-electron chi connectivity index (χ0n) is 18.6. The fourth-order valence-corrected chi connectivity index (χ4v) is 5.05. The van der Waals surface area contributed by atoms with E-state index in [2.05, 4.69) is 20.3 Å². The molecule has 13 heteroatoms. The van der Waals surface area contributed by atoms with Crippen LogP contribution in [-0.4, -0.2) is 64.3 Å². The van der Waals surface area contributed by atoms with Gasteiger partial charge in [-0.3, -0.25) is 9.78 Å². The number of H-pyrrole nitrogens is 1. The predicted molar refractivity (Wildman–Crippen MR) is 126 cm³/mol. The first-order chi connectivity index (χ1) is 16.7. The highest BCUT2D eigenvalue weighted by Crippen LogP contribution is 2.35. The Bertz CT molecular complexity index is 1340. The number of rotatable bonds is 6. The number of ether oxygens (including phenoxy) is 1. The fraction of sp³-hybridized carbons (Fsp3) is 0.318. The van der Waals surface area contributed by atoms with E-state index in [0.29, 0.717) is 30.3 Å². The summed E-state index contributed by atoms with van der Waals surface area (Å²) < 4.78 is 19.9. The second kappa shape index (κ2) is 9.99. The van der Waals surface area contributed by atoms with Crippen LogP contribution >= 0.6 is 22.9 Å². The summed E-state index contributed by atoms with van der Waals surface area (Å²) in [5, 5.41) is 22.5. The number of carboxylic acid groups (broad SMARTS) is 1. The minimum atomic E-state index is -1.23. The third kappa shape index (κ3) is 4.70. The largest absolute Gasteiger partial charge is 0.477 e. The van der Waals surface area contributed by atoms with Crippen LogP contribution in [0.4, 0.5) is 9.52 Å². The molecule has 0 unspecified atom stereocenters. The number of carbonyl (C=O) groups is 2. The maximum Gasteiger partial charge on any atom is 0.348 e. The van der Waals surface area contributed by atoms with E-state index in [1.165, 1.54) is 25.4 Å². The molecule has 0 aromatic carbocycles. The van der Waals surface area contributed by atoms with Gasteiger partial charge in [-0.05, 0) is 25.5 Å². The molecule has 3 aromatic rings. The molecule has 182 valence electrons. The van der Waals surface area contributed by atoms with Crippen LogP contribution in [-0.2, 0) is 4.74 Å². The Kier molecular flexibility index (Phi) is 7.02. The number of hydrogen-bond donors (Lipinski definition) is 3. The second-order valence-corrected chi connectivity index (χ2v) is 9.18. The number of aromatic carboxylic acids is 1. The molecule has 0 bridgehead atoms. The normalized spacial score (nSPS) is 17.7. The molecule has 0 saturated carbocycles. The summed E-state index contributed by atoms with van der Waals surface area (Å²) in [6, 6.07) is 4.16. The van der Waals surface area contributed by atoms with Crippen LogP contribution in [0, 0.1) is 24.1 Å². The van der Waals surface area contributed by atoms with Crippen molar-refractivity contribution in [3.8, 4) is 17.5 Å². The number of nitrogens with one attached hydrogen (secondary N) is 2. The average Bonchev–Trinajstić information content (AvgIpc) is 3.41. The van der Waals surface area contributed by atoms with Crippen molar-refractivity contribution in [2.75, 3.05) is 25.1 Å². The standard InChI is InChI=1S/C22H20ClFN6O4S/c1-10-15(23)11(8-25)16(27-10)20(31)28-13-5-7-30(9-14(13)34-2)22-29-18(19(35-22)21(32)33)17-12(24)4-3-6-26-17/h3-4,6,13-14,27H,5,7,9H2,1-2H3,(H,28,31)(H,32,33)/t13-,14+/m1/s1. The van der Waals surface area contributed by atoms with Crippen LogP contribution in [0.2, 0.25) is 5.02 Å². The Morgan fingerprint density at radius 2 is 2.23 bits per heavy atom. The van der Waals surface area contributed by atoms with Crippen molar-refractivity contribution in [1.82, 2.24) is 20.3 Å². The molecule has 0 aliphatic carbocycles. The number of nitrogens with zero attached hydrogens (tertiary/aromatic N) is 4. The number of piperidine rings is 1. The number of pyridine rings is 1. The lowest BCUT2D eigenvalue weighted by Gasteiger charge is -2.37. The molecule has 0 spiro atoms. The molecule has 4 rings (SSSR count). The fourth-order valence-electron chi connectivity index (χ4n) is 3.92. The van der Waals surface area contributed by atoms with Gasteiger partial charge in [0.1, 0.15) is 33.6 Å². The Balaban J connectivity index is 1.54. The van der Waals surface area contributed by atoms with E-state index in [-0.39, 0.29) is 38.6 Å². The van der Waals surface area contributed by atoms with Crippen LogP contribution in [0.3, 0.4) is 0 Å². The summed E-state index contributed by atoms with van der Waals surface area (Å²) in [5.41, 5.74) is 0.505. The van der Waals surface area contributed by atoms with Crippen molar-refractivity contribution in [3.63, 3.8) is 0 Å². The highest BCUT2D eigenvalue weighted by molar-refractivity contribution is 7.17. The monoisotopic (exact) mass is 518 g/mol. The number of aromatic nitrogens is 3. The van der Waals surface area contributed by atoms with Crippen molar-refractivity contribution >= 4 is 39.9 Å². The zero-order chi connectivity index (χ0) is 25.3. The SMILES string of the molecule is CO[C@H]1CN(c2nc(-c3ncccc3F)c(C(=O)O)s2)CC[C@H]1NC(=O)c1[nH]c(C)c(Cl)c1C#N. The second-order valence-electron chi connectivity index (χ2n) is 7.83. The quantitative estimate of drug-likeness (QED) is 0.451. The number of aromatic amines is 1. The zero-order valence-corrected chi connectivity index (χ0v) is 20.2. The van der Waals surface area contributed by atoms with Crippen molar-refractivity contribution in [2.24, 2.45) is 0 Å². The molecule has 0 radical (unpaired) electrons. The van der Waals surface area contributed by atoms with Gasteiger partial charge in [0, 0.05) is 32.1 Å². The number of halogens is 2. The van der Waals surface area contributed by atoms with Crippen LogP contribution in [0.25, 0.3) is 11.4 Å². The Morgan fingerprint density at radius 1 is 1.46 bits per heavy atom. The highest BCUT2D eigenvalue weighted by Gasteiger charge is 2.34. The van der Waals surface area contributed by atoms with Gasteiger partial charge in [0.05, 0.1) is 17.2 Å².